The minimum absolute atomic E-state index is 0.158. The molecule has 0 atom stereocenters. The monoisotopic (exact) mass is 385 g/mol. The molecule has 2 rings (SSSR count). The van der Waals surface area contributed by atoms with Crippen molar-refractivity contribution in [2.24, 2.45) is 0 Å². The summed E-state index contributed by atoms with van der Waals surface area (Å²) in [5, 5.41) is 0. The molecule has 0 radical (unpaired) electrons. The summed E-state index contributed by atoms with van der Waals surface area (Å²) in [6.07, 6.45) is -4.84. The number of rotatable bonds is 5. The molecule has 0 aliphatic carbocycles. The Morgan fingerprint density at radius 3 is 2.12 bits per heavy atom. The van der Waals surface area contributed by atoms with Crippen molar-refractivity contribution < 1.29 is 31.1 Å². The number of ether oxygens (including phenoxy) is 2. The molecule has 0 spiro atoms. The lowest BCUT2D eigenvalue weighted by atomic mass is 10.2. The Labute approximate surface area is 148 Å². The minimum atomic E-state index is -4.84. The number of sulfonamides is 1. The Morgan fingerprint density at radius 1 is 1.00 bits per heavy atom. The van der Waals surface area contributed by atoms with Gasteiger partial charge in [-0.3, -0.25) is 0 Å². The highest BCUT2D eigenvalue weighted by Gasteiger charge is 2.31. The third kappa shape index (κ3) is 5.98. The minimum Gasteiger partial charge on any atom is -0.497 e. The van der Waals surface area contributed by atoms with Crippen LogP contribution in [0.1, 0.15) is 5.56 Å². The molecular formula is C17H14F3NO4S. The number of alkyl halides is 3. The van der Waals surface area contributed by atoms with Gasteiger partial charge in [0.05, 0.1) is 18.6 Å². The van der Waals surface area contributed by atoms with E-state index in [0.29, 0.717) is 11.3 Å². The number of benzene rings is 2. The van der Waals surface area contributed by atoms with Gasteiger partial charge < -0.3 is 9.47 Å². The number of halogens is 3. The van der Waals surface area contributed by atoms with Gasteiger partial charge in [0.25, 0.3) is 0 Å². The molecule has 26 heavy (non-hydrogen) atoms. The Balaban J connectivity index is 1.97. The first-order chi connectivity index (χ1) is 12.2. The number of hydrogen-bond acceptors (Lipinski definition) is 4. The molecule has 0 fully saturated rings. The number of methoxy groups -OCH3 is 1. The van der Waals surface area contributed by atoms with Crippen LogP contribution in [0.4, 0.5) is 13.2 Å². The first-order valence-corrected chi connectivity index (χ1v) is 8.66. The summed E-state index contributed by atoms with van der Waals surface area (Å²) in [6, 6.07) is 10.8. The molecule has 0 amide bonds. The second-order valence-electron chi connectivity index (χ2n) is 4.87. The normalized spacial score (nSPS) is 11.4. The van der Waals surface area contributed by atoms with Crippen molar-refractivity contribution in [1.82, 2.24) is 4.72 Å². The Hall–Kier alpha value is -2.70. The molecule has 0 saturated heterocycles. The van der Waals surface area contributed by atoms with Crippen molar-refractivity contribution in [3.05, 3.63) is 54.1 Å². The van der Waals surface area contributed by atoms with Crippen LogP contribution >= 0.6 is 0 Å². The predicted octanol–water partition coefficient (Wildman–Crippen LogP) is 2.92. The van der Waals surface area contributed by atoms with E-state index < -0.39 is 22.1 Å². The van der Waals surface area contributed by atoms with Gasteiger partial charge in [0, 0.05) is 5.56 Å². The molecule has 2 aromatic carbocycles. The topological polar surface area (TPSA) is 64.6 Å². The smallest absolute Gasteiger partial charge is 0.497 e. The van der Waals surface area contributed by atoms with Crippen LogP contribution in [0.15, 0.2) is 53.4 Å². The third-order valence-electron chi connectivity index (χ3n) is 3.04. The molecule has 5 nitrogen and oxygen atoms in total. The van der Waals surface area contributed by atoms with E-state index in [4.69, 9.17) is 4.74 Å². The van der Waals surface area contributed by atoms with E-state index in [1.54, 1.807) is 24.3 Å². The van der Waals surface area contributed by atoms with Crippen LogP contribution in [-0.4, -0.2) is 28.4 Å². The zero-order chi connectivity index (χ0) is 19.2. The van der Waals surface area contributed by atoms with Gasteiger partial charge >= 0.3 is 6.36 Å². The lowest BCUT2D eigenvalue weighted by Crippen LogP contribution is -2.24. The van der Waals surface area contributed by atoms with Gasteiger partial charge in [-0.1, -0.05) is 11.8 Å². The van der Waals surface area contributed by atoms with Gasteiger partial charge in [0.15, 0.2) is 0 Å². The van der Waals surface area contributed by atoms with Gasteiger partial charge in [-0.05, 0) is 48.5 Å². The zero-order valence-electron chi connectivity index (χ0n) is 13.5. The fraction of sp³-hybridized carbons (Fsp3) is 0.176. The van der Waals surface area contributed by atoms with Crippen LogP contribution in [-0.2, 0) is 10.0 Å². The van der Waals surface area contributed by atoms with Gasteiger partial charge in [-0.2, -0.15) is 4.72 Å². The van der Waals surface area contributed by atoms with Crippen molar-refractivity contribution in [1.29, 1.82) is 0 Å². The highest BCUT2D eigenvalue weighted by atomic mass is 32.2. The summed E-state index contributed by atoms with van der Waals surface area (Å²) in [6.45, 7) is -0.158. The van der Waals surface area contributed by atoms with Crippen molar-refractivity contribution in [2.45, 2.75) is 11.3 Å². The number of nitrogens with one attached hydrogen (secondary N) is 1. The van der Waals surface area contributed by atoms with Crippen LogP contribution in [0.2, 0.25) is 0 Å². The summed E-state index contributed by atoms with van der Waals surface area (Å²) in [5.74, 6) is 5.60. The SMILES string of the molecule is COc1ccc(C#CCNS(=O)(=O)c2ccc(OC(F)(F)F)cc2)cc1. The molecule has 138 valence electrons. The van der Waals surface area contributed by atoms with Crippen LogP contribution in [0, 0.1) is 11.8 Å². The molecule has 0 aromatic heterocycles. The van der Waals surface area contributed by atoms with E-state index in [1.807, 2.05) is 0 Å². The van der Waals surface area contributed by atoms with Gasteiger partial charge in [-0.25, -0.2) is 8.42 Å². The van der Waals surface area contributed by atoms with Crippen LogP contribution in [0.25, 0.3) is 0 Å². The first kappa shape index (κ1) is 19.6. The standard InChI is InChI=1S/C17H14F3NO4S/c1-24-14-6-4-13(5-7-14)3-2-12-21-26(22,23)16-10-8-15(9-11-16)25-17(18,19)20/h4-11,21H,12H2,1H3. The molecule has 9 heteroatoms. The molecule has 0 bridgehead atoms. The number of hydrogen-bond donors (Lipinski definition) is 1. The average Bonchev–Trinajstić information content (AvgIpc) is 2.58. The van der Waals surface area contributed by atoms with Crippen molar-refractivity contribution in [3.63, 3.8) is 0 Å². The van der Waals surface area contributed by atoms with E-state index in [1.165, 1.54) is 7.11 Å². The molecule has 1 N–H and O–H groups in total. The zero-order valence-corrected chi connectivity index (χ0v) is 14.3. The van der Waals surface area contributed by atoms with E-state index in [9.17, 15) is 21.6 Å². The van der Waals surface area contributed by atoms with Gasteiger partial charge in [0.2, 0.25) is 10.0 Å². The van der Waals surface area contributed by atoms with E-state index in [-0.39, 0.29) is 11.4 Å². The lowest BCUT2D eigenvalue weighted by molar-refractivity contribution is -0.274. The fourth-order valence-corrected chi connectivity index (χ4v) is 2.78. The Morgan fingerprint density at radius 2 is 1.58 bits per heavy atom. The van der Waals surface area contributed by atoms with E-state index in [2.05, 4.69) is 21.3 Å². The maximum atomic E-state index is 12.1. The summed E-state index contributed by atoms with van der Waals surface area (Å²) in [7, 11) is -2.36. The van der Waals surface area contributed by atoms with E-state index >= 15 is 0 Å². The lowest BCUT2D eigenvalue weighted by Gasteiger charge is -2.09. The third-order valence-corrected chi connectivity index (χ3v) is 4.46. The summed E-state index contributed by atoms with van der Waals surface area (Å²) in [5.41, 5.74) is 0.679. The van der Waals surface area contributed by atoms with Crippen molar-refractivity contribution >= 4 is 10.0 Å². The van der Waals surface area contributed by atoms with Crippen LogP contribution in [0.3, 0.4) is 0 Å². The molecule has 0 aliphatic rings. The quantitative estimate of drug-likeness (QED) is 0.804. The maximum absolute atomic E-state index is 12.1. The predicted molar refractivity (Wildman–Crippen MR) is 88.2 cm³/mol. The maximum Gasteiger partial charge on any atom is 0.573 e. The molecule has 0 saturated carbocycles. The summed E-state index contributed by atoms with van der Waals surface area (Å²) < 4.78 is 71.3. The molecule has 2 aromatic rings. The summed E-state index contributed by atoms with van der Waals surface area (Å²) >= 11 is 0. The second kappa shape index (κ2) is 8.12. The van der Waals surface area contributed by atoms with E-state index in [0.717, 1.165) is 24.3 Å². The van der Waals surface area contributed by atoms with Crippen LogP contribution < -0.4 is 14.2 Å². The Kier molecular flexibility index (Phi) is 6.13. The van der Waals surface area contributed by atoms with Crippen LogP contribution in [0.5, 0.6) is 11.5 Å². The second-order valence-corrected chi connectivity index (χ2v) is 6.64. The van der Waals surface area contributed by atoms with Gasteiger partial charge in [-0.15, -0.1) is 13.2 Å². The highest BCUT2D eigenvalue weighted by Crippen LogP contribution is 2.23. The largest absolute Gasteiger partial charge is 0.573 e. The average molecular weight is 385 g/mol. The summed E-state index contributed by atoms with van der Waals surface area (Å²) in [4.78, 5) is -0.196. The Bertz CT molecular complexity index is 896. The molecular weight excluding hydrogens is 371 g/mol. The highest BCUT2D eigenvalue weighted by molar-refractivity contribution is 7.89. The first-order valence-electron chi connectivity index (χ1n) is 7.18. The molecule has 0 heterocycles. The fourth-order valence-electron chi connectivity index (χ4n) is 1.86. The van der Waals surface area contributed by atoms with Crippen molar-refractivity contribution in [2.75, 3.05) is 13.7 Å². The van der Waals surface area contributed by atoms with Crippen molar-refractivity contribution in [3.8, 4) is 23.3 Å². The molecule has 0 aliphatic heterocycles. The van der Waals surface area contributed by atoms with Gasteiger partial charge in [0.1, 0.15) is 11.5 Å². The molecule has 0 unspecified atom stereocenters.